The van der Waals surface area contributed by atoms with E-state index in [1.807, 2.05) is 30.0 Å². The van der Waals surface area contributed by atoms with Crippen molar-refractivity contribution in [2.45, 2.75) is 32.3 Å². The average Bonchev–Trinajstić information content (AvgIpc) is 2.41. The highest BCUT2D eigenvalue weighted by Gasteiger charge is 2.33. The Morgan fingerprint density at radius 2 is 2.21 bits per heavy atom. The van der Waals surface area contributed by atoms with Crippen molar-refractivity contribution in [3.63, 3.8) is 0 Å². The summed E-state index contributed by atoms with van der Waals surface area (Å²) in [4.78, 5) is 14.5. The number of piperidine rings is 1. The lowest BCUT2D eigenvalue weighted by atomic mass is 9.94. The summed E-state index contributed by atoms with van der Waals surface area (Å²) >= 11 is 3.51. The Kier molecular flexibility index (Phi) is 4.31. The molecule has 1 aliphatic heterocycles. The van der Waals surface area contributed by atoms with Crippen LogP contribution >= 0.6 is 15.9 Å². The molecule has 19 heavy (non-hydrogen) atoms. The highest BCUT2D eigenvalue weighted by Crippen LogP contribution is 2.27. The lowest BCUT2D eigenvalue weighted by Crippen LogP contribution is -2.49. The molecule has 1 atom stereocenters. The summed E-state index contributed by atoms with van der Waals surface area (Å²) in [5.74, 6) is 0.0820. The number of nitrogens with zero attached hydrogens (tertiary/aromatic N) is 1. The summed E-state index contributed by atoms with van der Waals surface area (Å²) in [5, 5.41) is 0. The number of likely N-dealkylation sites (tertiary alicyclic amines) is 1. The monoisotopic (exact) mass is 325 g/mol. The summed E-state index contributed by atoms with van der Waals surface area (Å²) in [6.07, 6.45) is 1.99. The quantitative estimate of drug-likeness (QED) is 0.834. The molecule has 1 unspecified atom stereocenters. The van der Waals surface area contributed by atoms with Crippen LogP contribution in [0.4, 0.5) is 0 Å². The first-order valence-electron chi connectivity index (χ1n) is 6.56. The van der Waals surface area contributed by atoms with Gasteiger partial charge in [-0.3, -0.25) is 4.79 Å². The number of aryl methyl sites for hydroxylation is 1. The van der Waals surface area contributed by atoms with Crippen molar-refractivity contribution in [3.05, 3.63) is 33.8 Å². The van der Waals surface area contributed by atoms with Crippen molar-refractivity contribution in [2.75, 3.05) is 20.2 Å². The van der Waals surface area contributed by atoms with Crippen LogP contribution in [0.5, 0.6) is 0 Å². The molecular weight excluding hydrogens is 306 g/mol. The average molecular weight is 326 g/mol. The van der Waals surface area contributed by atoms with Gasteiger partial charge in [0.1, 0.15) is 0 Å². The minimum atomic E-state index is -0.218. The molecule has 0 spiro atoms. The summed E-state index contributed by atoms with van der Waals surface area (Å²) in [6, 6.07) is 5.79. The number of carbonyl (C=O) groups excluding carboxylic acids is 1. The minimum absolute atomic E-state index is 0.0820. The predicted molar refractivity (Wildman–Crippen MR) is 79.4 cm³/mol. The first-order chi connectivity index (χ1) is 8.97. The van der Waals surface area contributed by atoms with Gasteiger partial charge >= 0.3 is 0 Å². The molecule has 4 heteroatoms. The molecule has 104 valence electrons. The third-order valence-electron chi connectivity index (χ3n) is 3.86. The largest absolute Gasteiger partial charge is 0.377 e. The number of rotatable bonds is 2. The molecule has 1 aliphatic rings. The standard InChI is InChI=1S/C15H20BrNO2/c1-11-6-4-7-12(13(11)16)14(18)17-9-5-8-15(2,10-17)19-3/h4,6-7H,5,8-10H2,1-3H3. The fourth-order valence-electron chi connectivity index (χ4n) is 2.53. The van der Waals surface area contributed by atoms with E-state index in [0.717, 1.165) is 35.0 Å². The van der Waals surface area contributed by atoms with Gasteiger partial charge in [0, 0.05) is 24.7 Å². The summed E-state index contributed by atoms with van der Waals surface area (Å²) in [7, 11) is 1.72. The molecule has 0 saturated carbocycles. The van der Waals surface area contributed by atoms with Gasteiger partial charge in [-0.05, 0) is 54.2 Å². The van der Waals surface area contributed by atoms with Crippen LogP contribution in [0.3, 0.4) is 0 Å². The first kappa shape index (κ1) is 14.5. The Balaban J connectivity index is 2.22. The van der Waals surface area contributed by atoms with Crippen LogP contribution in [-0.2, 0) is 4.74 Å². The smallest absolute Gasteiger partial charge is 0.255 e. The Labute approximate surface area is 123 Å². The van der Waals surface area contributed by atoms with Crippen molar-refractivity contribution in [1.29, 1.82) is 0 Å². The highest BCUT2D eigenvalue weighted by atomic mass is 79.9. The van der Waals surface area contributed by atoms with Crippen molar-refractivity contribution >= 4 is 21.8 Å². The Morgan fingerprint density at radius 1 is 1.47 bits per heavy atom. The molecular formula is C15H20BrNO2. The van der Waals surface area contributed by atoms with E-state index in [1.54, 1.807) is 7.11 Å². The molecule has 1 fully saturated rings. The van der Waals surface area contributed by atoms with Gasteiger partial charge in [-0.25, -0.2) is 0 Å². The van der Waals surface area contributed by atoms with E-state index in [1.165, 1.54) is 0 Å². The number of ether oxygens (including phenoxy) is 1. The number of hydrogen-bond donors (Lipinski definition) is 0. The van der Waals surface area contributed by atoms with Crippen LogP contribution in [0.2, 0.25) is 0 Å². The maximum atomic E-state index is 12.6. The third kappa shape index (κ3) is 3.00. The van der Waals surface area contributed by atoms with Crippen LogP contribution in [0.15, 0.2) is 22.7 Å². The van der Waals surface area contributed by atoms with Crippen molar-refractivity contribution in [1.82, 2.24) is 4.90 Å². The van der Waals surface area contributed by atoms with Crippen LogP contribution in [0.25, 0.3) is 0 Å². The Bertz CT molecular complexity index is 489. The molecule has 0 radical (unpaired) electrons. The van der Waals surface area contributed by atoms with Crippen molar-refractivity contribution < 1.29 is 9.53 Å². The molecule has 3 nitrogen and oxygen atoms in total. The second-order valence-electron chi connectivity index (χ2n) is 5.42. The number of amides is 1. The van der Waals surface area contributed by atoms with Gasteiger partial charge in [0.05, 0.1) is 11.2 Å². The molecule has 0 aromatic heterocycles. The molecule has 1 heterocycles. The van der Waals surface area contributed by atoms with Gasteiger partial charge in [-0.2, -0.15) is 0 Å². The van der Waals surface area contributed by atoms with Gasteiger partial charge in [0.2, 0.25) is 0 Å². The number of benzene rings is 1. The fraction of sp³-hybridized carbons (Fsp3) is 0.533. The predicted octanol–water partition coefficient (Wildman–Crippen LogP) is 3.40. The SMILES string of the molecule is COC1(C)CCCN(C(=O)c2cccc(C)c2Br)C1. The van der Waals surface area contributed by atoms with E-state index in [9.17, 15) is 4.79 Å². The number of halogens is 1. The van der Waals surface area contributed by atoms with Gasteiger partial charge in [-0.15, -0.1) is 0 Å². The number of hydrogen-bond acceptors (Lipinski definition) is 2. The summed E-state index contributed by atoms with van der Waals surface area (Å²) in [5.41, 5.74) is 1.60. The zero-order valence-electron chi connectivity index (χ0n) is 11.7. The van der Waals surface area contributed by atoms with Gasteiger partial charge in [0.15, 0.2) is 0 Å². The molecule has 1 aromatic carbocycles. The van der Waals surface area contributed by atoms with Crippen molar-refractivity contribution in [3.8, 4) is 0 Å². The van der Waals surface area contributed by atoms with Crippen LogP contribution in [0.1, 0.15) is 35.7 Å². The van der Waals surface area contributed by atoms with E-state index < -0.39 is 0 Å². The second-order valence-corrected chi connectivity index (χ2v) is 6.21. The van der Waals surface area contributed by atoms with Gasteiger partial charge < -0.3 is 9.64 Å². The number of methoxy groups -OCH3 is 1. The lowest BCUT2D eigenvalue weighted by molar-refractivity contribution is -0.0440. The van der Waals surface area contributed by atoms with E-state index in [4.69, 9.17) is 4.74 Å². The van der Waals surface area contributed by atoms with Crippen LogP contribution in [0, 0.1) is 6.92 Å². The first-order valence-corrected chi connectivity index (χ1v) is 7.36. The zero-order chi connectivity index (χ0) is 14.0. The maximum absolute atomic E-state index is 12.6. The van der Waals surface area contributed by atoms with Crippen LogP contribution < -0.4 is 0 Å². The highest BCUT2D eigenvalue weighted by molar-refractivity contribution is 9.10. The van der Waals surface area contributed by atoms with Gasteiger partial charge in [0.25, 0.3) is 5.91 Å². The maximum Gasteiger partial charge on any atom is 0.255 e. The zero-order valence-corrected chi connectivity index (χ0v) is 13.3. The minimum Gasteiger partial charge on any atom is -0.377 e. The third-order valence-corrected chi connectivity index (χ3v) is 4.91. The molecule has 1 amide bonds. The summed E-state index contributed by atoms with van der Waals surface area (Å²) < 4.78 is 6.44. The van der Waals surface area contributed by atoms with E-state index in [2.05, 4.69) is 22.9 Å². The number of carbonyl (C=O) groups is 1. The van der Waals surface area contributed by atoms with Crippen molar-refractivity contribution in [2.24, 2.45) is 0 Å². The Hall–Kier alpha value is -0.870. The van der Waals surface area contributed by atoms with E-state index >= 15 is 0 Å². The molecule has 0 aliphatic carbocycles. The topological polar surface area (TPSA) is 29.5 Å². The molecule has 0 N–H and O–H groups in total. The fourth-order valence-corrected chi connectivity index (χ4v) is 2.96. The summed E-state index contributed by atoms with van der Waals surface area (Å²) in [6.45, 7) is 5.52. The van der Waals surface area contributed by atoms with E-state index in [-0.39, 0.29) is 11.5 Å². The lowest BCUT2D eigenvalue weighted by Gasteiger charge is -2.39. The van der Waals surface area contributed by atoms with E-state index in [0.29, 0.717) is 6.54 Å². The van der Waals surface area contributed by atoms with Crippen LogP contribution in [-0.4, -0.2) is 36.6 Å². The molecule has 1 aromatic rings. The molecule has 2 rings (SSSR count). The molecule has 0 bridgehead atoms. The Morgan fingerprint density at radius 3 is 2.89 bits per heavy atom. The normalized spacial score (nSPS) is 23.5. The molecule has 1 saturated heterocycles. The second kappa shape index (κ2) is 5.63. The van der Waals surface area contributed by atoms with Gasteiger partial charge in [-0.1, -0.05) is 12.1 Å².